The van der Waals surface area contributed by atoms with Gasteiger partial charge in [-0.3, -0.25) is 4.90 Å². The van der Waals surface area contributed by atoms with E-state index in [0.717, 1.165) is 25.2 Å². The lowest BCUT2D eigenvalue weighted by molar-refractivity contribution is 0.0600. The molecule has 1 saturated heterocycles. The van der Waals surface area contributed by atoms with Gasteiger partial charge in [0.1, 0.15) is 0 Å². The Hall–Kier alpha value is -1.10. The second-order valence-electron chi connectivity index (χ2n) is 5.35. The van der Waals surface area contributed by atoms with Crippen LogP contribution < -0.4 is 5.32 Å². The molecule has 0 aromatic heterocycles. The van der Waals surface area contributed by atoms with Gasteiger partial charge in [0.2, 0.25) is 0 Å². The molecule has 1 heterocycles. The summed E-state index contributed by atoms with van der Waals surface area (Å²) < 4.78 is 4.75. The van der Waals surface area contributed by atoms with E-state index in [-0.39, 0.29) is 18.4 Å². The standard InChI is InChI=1S/C15H22N2O2.ClH/c1-11-8-17(9-12(2)16-11)10-13-5-4-6-14(7-13)15(18)19-3;/h4-7,11-12,16H,8-10H2,1-3H3;1H. The maximum Gasteiger partial charge on any atom is 0.337 e. The monoisotopic (exact) mass is 298 g/mol. The fourth-order valence-electron chi connectivity index (χ4n) is 2.74. The Bertz CT molecular complexity index is 443. The molecule has 0 aliphatic carbocycles. The number of rotatable bonds is 3. The van der Waals surface area contributed by atoms with E-state index in [9.17, 15) is 4.79 Å². The summed E-state index contributed by atoms with van der Waals surface area (Å²) in [4.78, 5) is 13.9. The summed E-state index contributed by atoms with van der Waals surface area (Å²) in [6.45, 7) is 7.35. The zero-order valence-corrected chi connectivity index (χ0v) is 13.1. The van der Waals surface area contributed by atoms with Crippen molar-refractivity contribution in [1.29, 1.82) is 0 Å². The highest BCUT2D eigenvalue weighted by molar-refractivity contribution is 5.89. The van der Waals surface area contributed by atoms with Crippen molar-refractivity contribution in [2.75, 3.05) is 20.2 Å². The van der Waals surface area contributed by atoms with Gasteiger partial charge in [0.25, 0.3) is 0 Å². The SMILES string of the molecule is COC(=O)c1cccc(CN2CC(C)NC(C)C2)c1.Cl. The van der Waals surface area contributed by atoms with Crippen LogP contribution in [0.25, 0.3) is 0 Å². The molecule has 0 amide bonds. The van der Waals surface area contributed by atoms with Gasteiger partial charge in [0.15, 0.2) is 0 Å². The predicted molar refractivity (Wildman–Crippen MR) is 82.4 cm³/mol. The maximum atomic E-state index is 11.5. The molecule has 112 valence electrons. The lowest BCUT2D eigenvalue weighted by atomic mass is 10.1. The van der Waals surface area contributed by atoms with Crippen LogP contribution in [-0.4, -0.2) is 43.2 Å². The third kappa shape index (κ3) is 4.47. The van der Waals surface area contributed by atoms with E-state index in [0.29, 0.717) is 17.6 Å². The van der Waals surface area contributed by atoms with Crippen molar-refractivity contribution in [3.8, 4) is 0 Å². The zero-order valence-electron chi connectivity index (χ0n) is 12.3. The van der Waals surface area contributed by atoms with Crippen molar-refractivity contribution in [2.24, 2.45) is 0 Å². The van der Waals surface area contributed by atoms with Gasteiger partial charge in [0.05, 0.1) is 12.7 Å². The number of esters is 1. The number of carbonyl (C=O) groups excluding carboxylic acids is 1. The quantitative estimate of drug-likeness (QED) is 0.868. The number of ether oxygens (including phenoxy) is 1. The number of methoxy groups -OCH3 is 1. The molecule has 2 rings (SSSR count). The van der Waals surface area contributed by atoms with Crippen LogP contribution in [0.5, 0.6) is 0 Å². The molecule has 1 N–H and O–H groups in total. The minimum absolute atomic E-state index is 0. The Morgan fingerprint density at radius 2 is 2.00 bits per heavy atom. The first-order valence-electron chi connectivity index (χ1n) is 6.74. The van der Waals surface area contributed by atoms with E-state index in [2.05, 4.69) is 30.1 Å². The predicted octanol–water partition coefficient (Wildman–Crippen LogP) is 2.08. The van der Waals surface area contributed by atoms with Crippen molar-refractivity contribution >= 4 is 18.4 Å². The number of halogens is 1. The molecule has 0 spiro atoms. The third-order valence-corrected chi connectivity index (χ3v) is 3.39. The minimum atomic E-state index is -0.274. The lowest BCUT2D eigenvalue weighted by Gasteiger charge is -2.36. The Labute approximate surface area is 126 Å². The van der Waals surface area contributed by atoms with Gasteiger partial charge < -0.3 is 10.1 Å². The zero-order chi connectivity index (χ0) is 13.8. The van der Waals surface area contributed by atoms with Gasteiger partial charge in [-0.2, -0.15) is 0 Å². The Morgan fingerprint density at radius 3 is 2.60 bits per heavy atom. The number of benzene rings is 1. The molecule has 4 nitrogen and oxygen atoms in total. The fraction of sp³-hybridized carbons (Fsp3) is 0.533. The summed E-state index contributed by atoms with van der Waals surface area (Å²) in [7, 11) is 1.41. The molecule has 2 atom stereocenters. The highest BCUT2D eigenvalue weighted by atomic mass is 35.5. The van der Waals surface area contributed by atoms with E-state index >= 15 is 0 Å². The van der Waals surface area contributed by atoms with Crippen molar-refractivity contribution in [3.63, 3.8) is 0 Å². The molecule has 0 saturated carbocycles. The number of piperazine rings is 1. The molecular formula is C15H23ClN2O2. The Morgan fingerprint density at radius 1 is 1.35 bits per heavy atom. The summed E-state index contributed by atoms with van der Waals surface area (Å²) in [6, 6.07) is 8.70. The summed E-state index contributed by atoms with van der Waals surface area (Å²) in [5.74, 6) is -0.274. The van der Waals surface area contributed by atoms with Gasteiger partial charge in [0, 0.05) is 31.7 Å². The number of carbonyl (C=O) groups is 1. The third-order valence-electron chi connectivity index (χ3n) is 3.39. The van der Waals surface area contributed by atoms with Gasteiger partial charge in [-0.05, 0) is 31.5 Å². The van der Waals surface area contributed by atoms with Crippen LogP contribution >= 0.6 is 12.4 Å². The number of nitrogens with zero attached hydrogens (tertiary/aromatic N) is 1. The van der Waals surface area contributed by atoms with Crippen LogP contribution in [-0.2, 0) is 11.3 Å². The minimum Gasteiger partial charge on any atom is -0.465 e. The van der Waals surface area contributed by atoms with E-state index in [1.165, 1.54) is 7.11 Å². The molecule has 1 aromatic carbocycles. The molecule has 1 aromatic rings. The van der Waals surface area contributed by atoms with Gasteiger partial charge >= 0.3 is 5.97 Å². The normalized spacial score (nSPS) is 22.9. The molecule has 2 unspecified atom stereocenters. The molecule has 0 bridgehead atoms. The molecule has 1 fully saturated rings. The average Bonchev–Trinajstić information content (AvgIpc) is 2.37. The number of hydrogen-bond acceptors (Lipinski definition) is 4. The summed E-state index contributed by atoms with van der Waals surface area (Å²) in [6.07, 6.45) is 0. The van der Waals surface area contributed by atoms with Crippen molar-refractivity contribution < 1.29 is 9.53 Å². The molecule has 0 radical (unpaired) electrons. The largest absolute Gasteiger partial charge is 0.465 e. The summed E-state index contributed by atoms with van der Waals surface area (Å²) in [5.41, 5.74) is 1.78. The first-order valence-corrected chi connectivity index (χ1v) is 6.74. The highest BCUT2D eigenvalue weighted by Crippen LogP contribution is 2.12. The molecular weight excluding hydrogens is 276 g/mol. The van der Waals surface area contributed by atoms with Crippen LogP contribution in [0, 0.1) is 0 Å². The lowest BCUT2D eigenvalue weighted by Crippen LogP contribution is -2.53. The summed E-state index contributed by atoms with van der Waals surface area (Å²) in [5, 5.41) is 3.52. The second-order valence-corrected chi connectivity index (χ2v) is 5.35. The van der Waals surface area contributed by atoms with Gasteiger partial charge in [-0.15, -0.1) is 12.4 Å². The van der Waals surface area contributed by atoms with Crippen molar-refractivity contribution in [3.05, 3.63) is 35.4 Å². The first-order chi connectivity index (χ1) is 9.08. The van der Waals surface area contributed by atoms with E-state index in [4.69, 9.17) is 4.74 Å². The number of hydrogen-bond donors (Lipinski definition) is 1. The van der Waals surface area contributed by atoms with Crippen LogP contribution in [0.15, 0.2) is 24.3 Å². The molecule has 1 aliphatic rings. The molecule has 5 heteroatoms. The van der Waals surface area contributed by atoms with Gasteiger partial charge in [-0.25, -0.2) is 4.79 Å². The summed E-state index contributed by atoms with van der Waals surface area (Å²) >= 11 is 0. The Balaban J connectivity index is 0.00000200. The van der Waals surface area contributed by atoms with Crippen LogP contribution in [0.1, 0.15) is 29.8 Å². The van der Waals surface area contributed by atoms with Gasteiger partial charge in [-0.1, -0.05) is 12.1 Å². The topological polar surface area (TPSA) is 41.6 Å². The smallest absolute Gasteiger partial charge is 0.337 e. The average molecular weight is 299 g/mol. The van der Waals surface area contributed by atoms with Crippen LogP contribution in [0.4, 0.5) is 0 Å². The number of nitrogens with one attached hydrogen (secondary N) is 1. The van der Waals surface area contributed by atoms with Crippen LogP contribution in [0.2, 0.25) is 0 Å². The van der Waals surface area contributed by atoms with E-state index < -0.39 is 0 Å². The molecule has 20 heavy (non-hydrogen) atoms. The van der Waals surface area contributed by atoms with Crippen LogP contribution in [0.3, 0.4) is 0 Å². The van der Waals surface area contributed by atoms with E-state index in [1.807, 2.05) is 12.1 Å². The first kappa shape index (κ1) is 17.0. The second kappa shape index (κ2) is 7.62. The Kier molecular flexibility index (Phi) is 6.46. The molecule has 1 aliphatic heterocycles. The van der Waals surface area contributed by atoms with Crippen molar-refractivity contribution in [1.82, 2.24) is 10.2 Å². The van der Waals surface area contributed by atoms with E-state index in [1.54, 1.807) is 6.07 Å². The highest BCUT2D eigenvalue weighted by Gasteiger charge is 2.20. The van der Waals surface area contributed by atoms with Crippen molar-refractivity contribution in [2.45, 2.75) is 32.5 Å². The fourth-order valence-corrected chi connectivity index (χ4v) is 2.74. The maximum absolute atomic E-state index is 11.5.